The molecule has 0 saturated heterocycles. The highest BCUT2D eigenvalue weighted by molar-refractivity contribution is 7.80. The highest BCUT2D eigenvalue weighted by Gasteiger charge is 2.16. The number of hydrogen-bond donors (Lipinski definition) is 2. The van der Waals surface area contributed by atoms with E-state index >= 15 is 0 Å². The summed E-state index contributed by atoms with van der Waals surface area (Å²) in [5, 5.41) is 22.8. The lowest BCUT2D eigenvalue weighted by Crippen LogP contribution is -2.26. The largest absolute Gasteiger partial charge is 0.493 e. The van der Waals surface area contributed by atoms with Gasteiger partial charge in [-0.25, -0.2) is 0 Å². The molecular formula is C16H22N4O2S. The van der Waals surface area contributed by atoms with E-state index in [2.05, 4.69) is 15.5 Å². The van der Waals surface area contributed by atoms with Gasteiger partial charge in [0.15, 0.2) is 5.69 Å². The van der Waals surface area contributed by atoms with E-state index in [0.29, 0.717) is 30.6 Å². The molecule has 0 aliphatic carbocycles. The summed E-state index contributed by atoms with van der Waals surface area (Å²) >= 11 is 5.11. The Morgan fingerprint density at radius 1 is 1.39 bits per heavy atom. The zero-order valence-corrected chi connectivity index (χ0v) is 14.4. The molecule has 2 N–H and O–H groups in total. The van der Waals surface area contributed by atoms with E-state index in [0.717, 1.165) is 10.9 Å². The van der Waals surface area contributed by atoms with Gasteiger partial charge in [-0.1, -0.05) is 18.2 Å². The molecule has 0 fully saturated rings. The van der Waals surface area contributed by atoms with E-state index in [9.17, 15) is 5.11 Å². The van der Waals surface area contributed by atoms with Crippen LogP contribution in [0.2, 0.25) is 0 Å². The quantitative estimate of drug-likeness (QED) is 0.479. The first-order chi connectivity index (χ1) is 11.0. The van der Waals surface area contributed by atoms with Crippen LogP contribution in [0.4, 0.5) is 5.69 Å². The number of hydrogen-bond acceptors (Lipinski definition) is 4. The average Bonchev–Trinajstić information content (AvgIpc) is 2.77. The Morgan fingerprint density at radius 3 is 2.83 bits per heavy atom. The lowest BCUT2D eigenvalue weighted by atomic mass is 10.2. The minimum atomic E-state index is 0.0713. The van der Waals surface area contributed by atoms with E-state index in [4.69, 9.17) is 17.0 Å². The minimum absolute atomic E-state index is 0.0713. The zero-order chi connectivity index (χ0) is 16.8. The van der Waals surface area contributed by atoms with Crippen molar-refractivity contribution in [1.29, 1.82) is 0 Å². The first-order valence-corrected chi connectivity index (χ1v) is 8.05. The summed E-state index contributed by atoms with van der Waals surface area (Å²) < 4.78 is 7.15. The summed E-state index contributed by atoms with van der Waals surface area (Å²) in [5.41, 5.74) is 1.31. The number of ether oxygens (including phenoxy) is 1. The number of fused-ring (bicyclic) bond motifs is 1. The molecule has 0 aliphatic rings. The van der Waals surface area contributed by atoms with Crippen LogP contribution in [0.1, 0.15) is 20.8 Å². The molecule has 0 spiro atoms. The van der Waals surface area contributed by atoms with E-state index in [1.165, 1.54) is 0 Å². The fraction of sp³-hybridized carbons (Fsp3) is 0.438. The Balaban J connectivity index is 2.34. The van der Waals surface area contributed by atoms with Crippen LogP contribution in [-0.4, -0.2) is 34.0 Å². The highest BCUT2D eigenvalue weighted by atomic mass is 32.1. The van der Waals surface area contributed by atoms with E-state index in [1.807, 2.05) is 45.0 Å². The molecule has 0 bridgehead atoms. The van der Waals surface area contributed by atoms with Gasteiger partial charge >= 0.3 is 0 Å². The molecule has 0 atom stereocenters. The van der Waals surface area contributed by atoms with Gasteiger partial charge in [-0.15, -0.1) is 10.2 Å². The van der Waals surface area contributed by atoms with Gasteiger partial charge < -0.3 is 19.7 Å². The molecule has 1 aromatic carbocycles. The highest BCUT2D eigenvalue weighted by Crippen LogP contribution is 2.38. The molecule has 0 saturated carbocycles. The molecule has 23 heavy (non-hydrogen) atoms. The molecule has 2 aromatic rings. The smallest absolute Gasteiger partial charge is 0.220 e. The van der Waals surface area contributed by atoms with Crippen LogP contribution >= 0.6 is 12.2 Å². The van der Waals surface area contributed by atoms with Crippen LogP contribution in [-0.2, 0) is 11.3 Å². The minimum Gasteiger partial charge on any atom is -0.493 e. The molecule has 124 valence electrons. The second-order valence-electron chi connectivity index (χ2n) is 5.34. The van der Waals surface area contributed by atoms with Crippen LogP contribution in [0.3, 0.4) is 0 Å². The molecule has 0 aliphatic heterocycles. The monoisotopic (exact) mass is 334 g/mol. The van der Waals surface area contributed by atoms with Gasteiger partial charge in [0.1, 0.15) is 0 Å². The van der Waals surface area contributed by atoms with Crippen molar-refractivity contribution in [2.45, 2.75) is 33.4 Å². The predicted octanol–water partition coefficient (Wildman–Crippen LogP) is 3.75. The lowest BCUT2D eigenvalue weighted by molar-refractivity contribution is 0.138. The second kappa shape index (κ2) is 8.03. The number of para-hydroxylation sites is 1. The summed E-state index contributed by atoms with van der Waals surface area (Å²) in [6.07, 6.45) is 0. The molecular weight excluding hydrogens is 312 g/mol. The van der Waals surface area contributed by atoms with Crippen LogP contribution in [0.25, 0.3) is 10.9 Å². The number of azo groups is 1. The number of nitrogens with one attached hydrogen (secondary N) is 1. The SMILES string of the molecule is CCOCCn1c(O)c(N=NC(=S)NC(C)C)c2ccccc21. The maximum absolute atomic E-state index is 10.5. The Morgan fingerprint density at radius 2 is 2.13 bits per heavy atom. The fourth-order valence-corrected chi connectivity index (χ4v) is 2.54. The summed E-state index contributed by atoms with van der Waals surface area (Å²) in [6, 6.07) is 7.84. The van der Waals surface area contributed by atoms with Crippen molar-refractivity contribution < 1.29 is 9.84 Å². The van der Waals surface area contributed by atoms with Crippen molar-refractivity contribution in [2.24, 2.45) is 10.2 Å². The second-order valence-corrected chi connectivity index (χ2v) is 5.73. The van der Waals surface area contributed by atoms with Crippen molar-refractivity contribution in [3.05, 3.63) is 24.3 Å². The van der Waals surface area contributed by atoms with E-state index in [1.54, 1.807) is 4.57 Å². The third kappa shape index (κ3) is 4.27. The van der Waals surface area contributed by atoms with Gasteiger partial charge in [-0.3, -0.25) is 0 Å². The van der Waals surface area contributed by atoms with Gasteiger partial charge in [0.25, 0.3) is 0 Å². The van der Waals surface area contributed by atoms with Gasteiger partial charge in [0, 0.05) is 24.6 Å². The number of nitrogens with zero attached hydrogens (tertiary/aromatic N) is 3. The average molecular weight is 334 g/mol. The third-order valence-corrected chi connectivity index (χ3v) is 3.43. The number of rotatable bonds is 6. The molecule has 7 heteroatoms. The molecule has 0 unspecified atom stereocenters. The molecule has 1 aromatic heterocycles. The number of benzene rings is 1. The Bertz CT molecular complexity index is 709. The summed E-state index contributed by atoms with van der Waals surface area (Å²) in [4.78, 5) is 0. The molecule has 1 heterocycles. The molecule has 0 radical (unpaired) electrons. The number of aromatic nitrogens is 1. The van der Waals surface area contributed by atoms with Gasteiger partial charge in [0.05, 0.1) is 12.1 Å². The maximum atomic E-state index is 10.5. The molecule has 2 rings (SSSR count). The predicted molar refractivity (Wildman–Crippen MR) is 95.5 cm³/mol. The number of aromatic hydroxyl groups is 1. The van der Waals surface area contributed by atoms with Crippen molar-refractivity contribution in [3.8, 4) is 5.88 Å². The van der Waals surface area contributed by atoms with E-state index in [-0.39, 0.29) is 11.9 Å². The first-order valence-electron chi connectivity index (χ1n) is 7.64. The normalized spacial score (nSPS) is 11.7. The Labute approximate surface area is 141 Å². The summed E-state index contributed by atoms with van der Waals surface area (Å²) in [6.45, 7) is 7.59. The van der Waals surface area contributed by atoms with Crippen molar-refractivity contribution >= 4 is 33.9 Å². The van der Waals surface area contributed by atoms with Gasteiger partial charge in [-0.2, -0.15) is 0 Å². The van der Waals surface area contributed by atoms with Gasteiger partial charge in [-0.05, 0) is 39.1 Å². The molecule has 0 amide bonds. The van der Waals surface area contributed by atoms with Crippen LogP contribution < -0.4 is 5.32 Å². The van der Waals surface area contributed by atoms with Crippen LogP contribution in [0.15, 0.2) is 34.5 Å². The first kappa shape index (κ1) is 17.4. The van der Waals surface area contributed by atoms with Crippen molar-refractivity contribution in [1.82, 2.24) is 9.88 Å². The number of thiocarbonyl (C=S) groups is 1. The molecule has 6 nitrogen and oxygen atoms in total. The zero-order valence-electron chi connectivity index (χ0n) is 13.6. The van der Waals surface area contributed by atoms with Crippen LogP contribution in [0.5, 0.6) is 5.88 Å². The Hall–Kier alpha value is -1.99. The summed E-state index contributed by atoms with van der Waals surface area (Å²) in [5.74, 6) is 0.0713. The topological polar surface area (TPSA) is 71.1 Å². The van der Waals surface area contributed by atoms with E-state index < -0.39 is 0 Å². The van der Waals surface area contributed by atoms with Crippen LogP contribution in [0, 0.1) is 0 Å². The maximum Gasteiger partial charge on any atom is 0.220 e. The van der Waals surface area contributed by atoms with Crippen molar-refractivity contribution in [2.75, 3.05) is 13.2 Å². The summed E-state index contributed by atoms with van der Waals surface area (Å²) in [7, 11) is 0. The fourth-order valence-electron chi connectivity index (χ4n) is 2.27. The lowest BCUT2D eigenvalue weighted by Gasteiger charge is -2.06. The van der Waals surface area contributed by atoms with Gasteiger partial charge in [0.2, 0.25) is 11.0 Å². The standard InChI is InChI=1S/C16H22N4O2S/c1-4-22-10-9-20-13-8-6-5-7-12(13)14(15(20)21)18-19-16(23)17-11(2)3/h5-8,11,21H,4,9-10H2,1-3H3,(H,17,23). The Kier molecular flexibility index (Phi) is 6.06. The third-order valence-electron chi connectivity index (χ3n) is 3.23. The van der Waals surface area contributed by atoms with Crippen molar-refractivity contribution in [3.63, 3.8) is 0 Å².